The number of carbonyl (C=O) groups excluding carboxylic acids is 1. The average molecular weight is 368 g/mol. The first kappa shape index (κ1) is 17.1. The monoisotopic (exact) mass is 368 g/mol. The molecular weight excluding hydrogens is 352 g/mol. The third-order valence-electron chi connectivity index (χ3n) is 4.26. The molecule has 0 saturated carbocycles. The Bertz CT molecular complexity index is 1210. The molecule has 0 unspecified atom stereocenters. The first-order valence-corrected chi connectivity index (χ1v) is 9.50. The molecule has 0 radical (unpaired) electrons. The van der Waals surface area contributed by atoms with Crippen molar-refractivity contribution >= 4 is 45.6 Å². The maximum absolute atomic E-state index is 13.0. The molecule has 0 aliphatic rings. The van der Waals surface area contributed by atoms with Gasteiger partial charge in [0, 0.05) is 6.08 Å². The molecule has 0 atom stereocenters. The summed E-state index contributed by atoms with van der Waals surface area (Å²) in [6.07, 6.45) is 8.83. The van der Waals surface area contributed by atoms with Crippen molar-refractivity contribution in [2.24, 2.45) is 0 Å². The van der Waals surface area contributed by atoms with E-state index in [1.807, 2.05) is 54.6 Å². The van der Waals surface area contributed by atoms with Crippen LogP contribution in [-0.2, 0) is 0 Å². The van der Waals surface area contributed by atoms with Crippen LogP contribution in [0.4, 0.5) is 0 Å². The van der Waals surface area contributed by atoms with E-state index < -0.39 is 0 Å². The zero-order valence-corrected chi connectivity index (χ0v) is 15.3. The Morgan fingerprint density at radius 1 is 1.07 bits per heavy atom. The van der Waals surface area contributed by atoms with Crippen LogP contribution in [0.15, 0.2) is 78.0 Å². The van der Waals surface area contributed by atoms with E-state index in [0.717, 1.165) is 27.4 Å². The van der Waals surface area contributed by atoms with Crippen molar-refractivity contribution in [3.8, 4) is 12.3 Å². The van der Waals surface area contributed by atoms with Gasteiger partial charge in [-0.3, -0.25) is 9.36 Å². The Morgan fingerprint density at radius 2 is 1.85 bits per heavy atom. The first-order chi connectivity index (χ1) is 13.3. The number of rotatable bonds is 4. The molecule has 1 heterocycles. The number of allylic oxidation sites excluding steroid dienone is 1. The molecule has 130 valence electrons. The lowest BCUT2D eigenvalue weighted by atomic mass is 10.0. The molecule has 0 saturated heterocycles. The third-order valence-corrected chi connectivity index (χ3v) is 5.11. The standard InChI is InChI=1S/C23H16N2OS/c1-2-16-27-23-24-20-12-5-6-13-21(20)25(23)22(26)15-14-18-10-7-9-17-8-3-4-11-19(17)18/h1,3-15H,16H2. The number of terminal acetylenes is 1. The zero-order valence-electron chi connectivity index (χ0n) is 14.5. The fourth-order valence-electron chi connectivity index (χ4n) is 3.05. The predicted molar refractivity (Wildman–Crippen MR) is 113 cm³/mol. The molecule has 4 rings (SSSR count). The lowest BCUT2D eigenvalue weighted by Gasteiger charge is -2.04. The fourth-order valence-corrected chi connectivity index (χ4v) is 3.74. The number of carbonyl (C=O) groups is 1. The minimum absolute atomic E-state index is 0.142. The maximum atomic E-state index is 13.0. The van der Waals surface area contributed by atoms with E-state index in [2.05, 4.69) is 29.1 Å². The summed E-state index contributed by atoms with van der Waals surface area (Å²) in [6, 6.07) is 21.8. The van der Waals surface area contributed by atoms with E-state index >= 15 is 0 Å². The molecule has 4 heteroatoms. The van der Waals surface area contributed by atoms with Gasteiger partial charge in [-0.1, -0.05) is 72.3 Å². The van der Waals surface area contributed by atoms with Crippen molar-refractivity contribution in [3.05, 3.63) is 78.4 Å². The second-order valence-electron chi connectivity index (χ2n) is 5.95. The molecule has 27 heavy (non-hydrogen) atoms. The van der Waals surface area contributed by atoms with Crippen molar-refractivity contribution in [1.82, 2.24) is 9.55 Å². The minimum atomic E-state index is -0.142. The topological polar surface area (TPSA) is 34.9 Å². The van der Waals surface area contributed by atoms with Gasteiger partial charge in [0.05, 0.1) is 16.8 Å². The molecule has 4 aromatic rings. The summed E-state index contributed by atoms with van der Waals surface area (Å²) in [5, 5.41) is 2.87. The van der Waals surface area contributed by atoms with Crippen LogP contribution in [0.2, 0.25) is 0 Å². The highest BCUT2D eigenvalue weighted by Gasteiger charge is 2.15. The van der Waals surface area contributed by atoms with Crippen LogP contribution < -0.4 is 0 Å². The minimum Gasteiger partial charge on any atom is -0.269 e. The van der Waals surface area contributed by atoms with Gasteiger partial charge in [0.2, 0.25) is 0 Å². The fraction of sp³-hybridized carbons (Fsp3) is 0.0435. The van der Waals surface area contributed by atoms with Gasteiger partial charge in [-0.25, -0.2) is 4.98 Å². The maximum Gasteiger partial charge on any atom is 0.257 e. The largest absolute Gasteiger partial charge is 0.269 e. The number of para-hydroxylation sites is 2. The van der Waals surface area contributed by atoms with Gasteiger partial charge in [0.25, 0.3) is 5.91 Å². The SMILES string of the molecule is C#CCSc1nc2ccccc2n1C(=O)C=Cc1cccc2ccccc12. The van der Waals surface area contributed by atoms with Gasteiger partial charge in [-0.2, -0.15) is 0 Å². The quantitative estimate of drug-likeness (QED) is 0.280. The Hall–Kier alpha value is -3.29. The lowest BCUT2D eigenvalue weighted by molar-refractivity contribution is 0.0965. The summed E-state index contributed by atoms with van der Waals surface area (Å²) in [7, 11) is 0. The van der Waals surface area contributed by atoms with Crippen LogP contribution in [0.25, 0.3) is 27.9 Å². The second kappa shape index (κ2) is 7.53. The molecule has 0 fully saturated rings. The van der Waals surface area contributed by atoms with Crippen molar-refractivity contribution in [3.63, 3.8) is 0 Å². The smallest absolute Gasteiger partial charge is 0.257 e. The Labute approximate surface area is 161 Å². The van der Waals surface area contributed by atoms with Crippen molar-refractivity contribution < 1.29 is 4.79 Å². The number of fused-ring (bicyclic) bond motifs is 2. The van der Waals surface area contributed by atoms with E-state index in [1.165, 1.54) is 11.8 Å². The highest BCUT2D eigenvalue weighted by molar-refractivity contribution is 7.99. The Kier molecular flexibility index (Phi) is 4.78. The summed E-state index contributed by atoms with van der Waals surface area (Å²) in [5.74, 6) is 2.90. The van der Waals surface area contributed by atoms with Crippen LogP contribution >= 0.6 is 11.8 Å². The molecule has 3 nitrogen and oxygen atoms in total. The number of hydrogen-bond acceptors (Lipinski definition) is 3. The van der Waals surface area contributed by atoms with Crippen molar-refractivity contribution in [1.29, 1.82) is 0 Å². The van der Waals surface area contributed by atoms with Gasteiger partial charge in [-0.05, 0) is 34.5 Å². The van der Waals surface area contributed by atoms with E-state index in [-0.39, 0.29) is 5.91 Å². The van der Waals surface area contributed by atoms with Crippen LogP contribution in [0.3, 0.4) is 0 Å². The summed E-state index contributed by atoms with van der Waals surface area (Å²) in [5.41, 5.74) is 2.57. The summed E-state index contributed by atoms with van der Waals surface area (Å²) >= 11 is 1.39. The number of thioether (sulfide) groups is 1. The number of nitrogens with zero attached hydrogens (tertiary/aromatic N) is 2. The Balaban J connectivity index is 1.74. The van der Waals surface area contributed by atoms with Gasteiger partial charge < -0.3 is 0 Å². The van der Waals surface area contributed by atoms with E-state index in [1.54, 1.807) is 10.6 Å². The predicted octanol–water partition coefficient (Wildman–Crippen LogP) is 5.27. The molecular formula is C23H16N2OS. The number of imidazole rings is 1. The van der Waals surface area contributed by atoms with Crippen LogP contribution in [0, 0.1) is 12.3 Å². The van der Waals surface area contributed by atoms with Crippen molar-refractivity contribution in [2.75, 3.05) is 5.75 Å². The van der Waals surface area contributed by atoms with Crippen molar-refractivity contribution in [2.45, 2.75) is 5.16 Å². The highest BCUT2D eigenvalue weighted by atomic mass is 32.2. The molecule has 0 spiro atoms. The molecule has 0 amide bonds. The molecule has 0 aliphatic heterocycles. The van der Waals surface area contributed by atoms with E-state index in [9.17, 15) is 4.79 Å². The lowest BCUT2D eigenvalue weighted by Crippen LogP contribution is -2.08. The summed E-state index contributed by atoms with van der Waals surface area (Å²) < 4.78 is 1.62. The van der Waals surface area contributed by atoms with Gasteiger partial charge in [0.15, 0.2) is 5.16 Å². The third kappa shape index (κ3) is 3.38. The number of benzene rings is 3. The normalized spacial score (nSPS) is 11.2. The molecule has 0 aliphatic carbocycles. The Morgan fingerprint density at radius 3 is 2.74 bits per heavy atom. The van der Waals surface area contributed by atoms with E-state index in [0.29, 0.717) is 10.9 Å². The van der Waals surface area contributed by atoms with Gasteiger partial charge in [0.1, 0.15) is 0 Å². The molecule has 3 aromatic carbocycles. The number of aromatic nitrogens is 2. The van der Waals surface area contributed by atoms with Crippen LogP contribution in [-0.4, -0.2) is 21.2 Å². The van der Waals surface area contributed by atoms with E-state index in [4.69, 9.17) is 6.42 Å². The average Bonchev–Trinajstić information content (AvgIpc) is 3.08. The molecule has 1 aromatic heterocycles. The molecule has 0 N–H and O–H groups in total. The zero-order chi connectivity index (χ0) is 18.6. The van der Waals surface area contributed by atoms with Crippen LogP contribution in [0.5, 0.6) is 0 Å². The summed E-state index contributed by atoms with van der Waals surface area (Å²) in [4.78, 5) is 17.5. The summed E-state index contributed by atoms with van der Waals surface area (Å²) in [6.45, 7) is 0. The van der Waals surface area contributed by atoms with Gasteiger partial charge in [-0.15, -0.1) is 6.42 Å². The van der Waals surface area contributed by atoms with Gasteiger partial charge >= 0.3 is 0 Å². The van der Waals surface area contributed by atoms with Crippen LogP contribution in [0.1, 0.15) is 10.4 Å². The molecule has 0 bridgehead atoms. The number of hydrogen-bond donors (Lipinski definition) is 0. The second-order valence-corrected chi connectivity index (χ2v) is 6.89. The first-order valence-electron chi connectivity index (χ1n) is 8.52. The highest BCUT2D eigenvalue weighted by Crippen LogP contribution is 2.24.